The van der Waals surface area contributed by atoms with Gasteiger partial charge in [0.15, 0.2) is 0 Å². The van der Waals surface area contributed by atoms with Gasteiger partial charge >= 0.3 is 5.69 Å². The first-order chi connectivity index (χ1) is 11.5. The minimum absolute atomic E-state index is 0.00919. The second-order valence-electron chi connectivity index (χ2n) is 5.72. The molecule has 24 heavy (non-hydrogen) atoms. The van der Waals surface area contributed by atoms with E-state index in [1.807, 2.05) is 18.2 Å². The number of rotatable bonds is 1. The summed E-state index contributed by atoms with van der Waals surface area (Å²) in [5.74, 6) is -0.375. The third kappa shape index (κ3) is 2.33. The summed E-state index contributed by atoms with van der Waals surface area (Å²) in [6, 6.07) is 6.74. The van der Waals surface area contributed by atoms with Crippen molar-refractivity contribution < 1.29 is 4.79 Å². The van der Waals surface area contributed by atoms with E-state index in [2.05, 4.69) is 15.0 Å². The predicted octanol–water partition coefficient (Wildman–Crippen LogP) is 1.40. The largest absolute Gasteiger partial charge is 0.357 e. The van der Waals surface area contributed by atoms with E-state index >= 15 is 0 Å². The molecular formula is C16H13ClN4O3. The zero-order valence-corrected chi connectivity index (χ0v) is 13.2. The molecule has 0 spiro atoms. The number of hydrogen-bond donors (Lipinski definition) is 3. The van der Waals surface area contributed by atoms with Crippen LogP contribution in [0.2, 0.25) is 5.02 Å². The number of carbonyl (C=O) groups is 1. The van der Waals surface area contributed by atoms with E-state index in [-0.39, 0.29) is 11.6 Å². The molecule has 0 fully saturated rings. The third-order valence-corrected chi connectivity index (χ3v) is 4.55. The molecule has 1 aliphatic heterocycles. The molecule has 0 saturated carbocycles. The Bertz CT molecular complexity index is 1050. The van der Waals surface area contributed by atoms with Crippen LogP contribution in [0, 0.1) is 0 Å². The number of aromatic amines is 3. The molecule has 0 saturated heterocycles. The van der Waals surface area contributed by atoms with Crippen molar-refractivity contribution in [1.29, 1.82) is 0 Å². The van der Waals surface area contributed by atoms with Gasteiger partial charge in [-0.1, -0.05) is 23.7 Å². The van der Waals surface area contributed by atoms with E-state index in [1.165, 1.54) is 0 Å². The van der Waals surface area contributed by atoms with Crippen molar-refractivity contribution in [2.45, 2.75) is 13.0 Å². The number of amides is 1. The first kappa shape index (κ1) is 14.8. The Balaban J connectivity index is 1.72. The molecule has 0 bridgehead atoms. The van der Waals surface area contributed by atoms with Crippen LogP contribution >= 0.6 is 11.6 Å². The fraction of sp³-hybridized carbons (Fsp3) is 0.188. The van der Waals surface area contributed by atoms with E-state index in [0.717, 1.165) is 28.2 Å². The lowest BCUT2D eigenvalue weighted by Crippen LogP contribution is -2.38. The van der Waals surface area contributed by atoms with Crippen LogP contribution < -0.4 is 11.2 Å². The molecule has 3 N–H and O–H groups in total. The Kier molecular flexibility index (Phi) is 3.31. The lowest BCUT2D eigenvalue weighted by molar-refractivity contribution is 0.0728. The van der Waals surface area contributed by atoms with Gasteiger partial charge in [0.05, 0.1) is 10.5 Å². The van der Waals surface area contributed by atoms with Crippen LogP contribution in [0.25, 0.3) is 10.9 Å². The Morgan fingerprint density at radius 3 is 2.79 bits per heavy atom. The zero-order chi connectivity index (χ0) is 16.8. The maximum atomic E-state index is 12.6. The van der Waals surface area contributed by atoms with Crippen molar-refractivity contribution in [3.05, 3.63) is 67.1 Å². The summed E-state index contributed by atoms with van der Waals surface area (Å²) < 4.78 is 0. The number of halogens is 1. The number of nitrogens with one attached hydrogen (secondary N) is 3. The van der Waals surface area contributed by atoms with E-state index in [9.17, 15) is 14.4 Å². The summed E-state index contributed by atoms with van der Waals surface area (Å²) in [4.78, 5) is 44.7. The lowest BCUT2D eigenvalue weighted by Gasteiger charge is -2.27. The van der Waals surface area contributed by atoms with Crippen LogP contribution in [0.5, 0.6) is 0 Å². The molecule has 1 aliphatic rings. The van der Waals surface area contributed by atoms with E-state index in [4.69, 9.17) is 11.6 Å². The Morgan fingerprint density at radius 2 is 2.00 bits per heavy atom. The lowest BCUT2D eigenvalue weighted by atomic mass is 10.0. The fourth-order valence-corrected chi connectivity index (χ4v) is 3.35. The molecule has 1 amide bonds. The van der Waals surface area contributed by atoms with Crippen LogP contribution in [-0.2, 0) is 13.0 Å². The van der Waals surface area contributed by atoms with Crippen molar-refractivity contribution >= 4 is 28.4 Å². The number of carbonyl (C=O) groups excluding carboxylic acids is 1. The minimum atomic E-state index is -0.692. The topological polar surface area (TPSA) is 102 Å². The molecule has 0 atom stereocenters. The smallest absolute Gasteiger partial charge is 0.326 e. The van der Waals surface area contributed by atoms with Gasteiger partial charge in [-0.2, -0.15) is 0 Å². The van der Waals surface area contributed by atoms with Crippen LogP contribution in [0.3, 0.4) is 0 Å². The molecule has 0 unspecified atom stereocenters. The highest BCUT2D eigenvalue weighted by molar-refractivity contribution is 6.35. The average molecular weight is 345 g/mol. The van der Waals surface area contributed by atoms with Crippen molar-refractivity contribution in [2.75, 3.05) is 6.54 Å². The minimum Gasteiger partial charge on any atom is -0.357 e. The van der Waals surface area contributed by atoms with Crippen LogP contribution in [0.1, 0.15) is 21.7 Å². The molecule has 0 radical (unpaired) electrons. The van der Waals surface area contributed by atoms with Crippen molar-refractivity contribution in [3.8, 4) is 0 Å². The summed E-state index contributed by atoms with van der Waals surface area (Å²) in [7, 11) is 0. The number of benzene rings is 1. The highest BCUT2D eigenvalue weighted by atomic mass is 35.5. The Labute approximate surface area is 140 Å². The highest BCUT2D eigenvalue weighted by Gasteiger charge is 2.26. The molecule has 3 heterocycles. The molecule has 122 valence electrons. The maximum Gasteiger partial charge on any atom is 0.326 e. The number of hydrogen-bond acceptors (Lipinski definition) is 3. The molecule has 4 rings (SSSR count). The first-order valence-corrected chi connectivity index (χ1v) is 7.81. The van der Waals surface area contributed by atoms with Crippen molar-refractivity contribution in [3.63, 3.8) is 0 Å². The van der Waals surface area contributed by atoms with Gasteiger partial charge in [0.2, 0.25) is 0 Å². The average Bonchev–Trinajstić information content (AvgIpc) is 2.93. The third-order valence-electron chi connectivity index (χ3n) is 4.24. The van der Waals surface area contributed by atoms with Crippen LogP contribution in [0.15, 0.2) is 33.9 Å². The summed E-state index contributed by atoms with van der Waals surface area (Å²) in [6.45, 7) is 0.883. The number of para-hydroxylation sites is 1. The maximum absolute atomic E-state index is 12.6. The van der Waals surface area contributed by atoms with Gasteiger partial charge in [-0.15, -0.1) is 0 Å². The number of fused-ring (bicyclic) bond motifs is 3. The molecule has 7 nitrogen and oxygen atoms in total. The zero-order valence-electron chi connectivity index (χ0n) is 12.5. The summed E-state index contributed by atoms with van der Waals surface area (Å²) in [5, 5.41) is 1.62. The van der Waals surface area contributed by atoms with Crippen molar-refractivity contribution in [1.82, 2.24) is 19.9 Å². The predicted molar refractivity (Wildman–Crippen MR) is 89.4 cm³/mol. The normalized spacial score (nSPS) is 14.0. The van der Waals surface area contributed by atoms with Gasteiger partial charge in [0.25, 0.3) is 11.5 Å². The standard InChI is InChI=1S/C16H13ClN4O3/c17-10-3-1-2-8-9-7-21(5-4-11(9)18-14(8)10)15(23)12-6-13(22)20-16(24)19-12/h1-3,6,18H,4-5,7H2,(H2,19,20,22,24). The second kappa shape index (κ2) is 5.38. The molecule has 2 aromatic heterocycles. The fourth-order valence-electron chi connectivity index (χ4n) is 3.13. The first-order valence-electron chi connectivity index (χ1n) is 7.44. The summed E-state index contributed by atoms with van der Waals surface area (Å²) >= 11 is 6.22. The van der Waals surface area contributed by atoms with E-state index in [1.54, 1.807) is 4.90 Å². The number of nitrogens with zero attached hydrogens (tertiary/aromatic N) is 1. The molecule has 3 aromatic rings. The number of aromatic nitrogens is 3. The van der Waals surface area contributed by atoms with Gasteiger partial charge in [0.1, 0.15) is 5.69 Å². The van der Waals surface area contributed by atoms with E-state index < -0.39 is 11.2 Å². The van der Waals surface area contributed by atoms with Crippen LogP contribution in [0.4, 0.5) is 0 Å². The van der Waals surface area contributed by atoms with Gasteiger partial charge in [0, 0.05) is 42.2 Å². The van der Waals surface area contributed by atoms with Crippen molar-refractivity contribution in [2.24, 2.45) is 0 Å². The summed E-state index contributed by atoms with van der Waals surface area (Å²) in [5.41, 5.74) is 1.63. The van der Waals surface area contributed by atoms with E-state index in [0.29, 0.717) is 24.5 Å². The van der Waals surface area contributed by atoms with Crippen LogP contribution in [-0.4, -0.2) is 32.3 Å². The van der Waals surface area contributed by atoms with Gasteiger partial charge < -0.3 is 14.9 Å². The quantitative estimate of drug-likeness (QED) is 0.621. The summed E-state index contributed by atoms with van der Waals surface area (Å²) in [6.07, 6.45) is 0.652. The second-order valence-corrected chi connectivity index (χ2v) is 6.13. The highest BCUT2D eigenvalue weighted by Crippen LogP contribution is 2.31. The molecule has 8 heteroatoms. The number of H-pyrrole nitrogens is 3. The molecular weight excluding hydrogens is 332 g/mol. The Morgan fingerprint density at radius 1 is 1.17 bits per heavy atom. The van der Waals surface area contributed by atoms with Gasteiger partial charge in [-0.05, 0) is 6.07 Å². The monoisotopic (exact) mass is 344 g/mol. The van der Waals surface area contributed by atoms with Gasteiger partial charge in [-0.3, -0.25) is 14.6 Å². The Hall–Kier alpha value is -2.80. The molecule has 0 aliphatic carbocycles. The SMILES string of the molecule is O=C(c1cc(=O)[nH]c(=O)[nH]1)N1CCc2[nH]c3c(Cl)cccc3c2C1. The molecule has 1 aromatic carbocycles. The van der Waals surface area contributed by atoms with Gasteiger partial charge in [-0.25, -0.2) is 4.79 Å².